The normalized spacial score (nSPS) is 15.3. The molecule has 1 N–H and O–H groups in total. The Kier molecular flexibility index (Phi) is 13.6. The highest BCUT2D eigenvalue weighted by Crippen LogP contribution is 2.22. The smallest absolute Gasteiger partial charge is 0.344 e. The second-order valence-corrected chi connectivity index (χ2v) is 9.74. The number of ether oxygens (including phenoxy) is 4. The van der Waals surface area contributed by atoms with Crippen LogP contribution in [0.25, 0.3) is 0 Å². The summed E-state index contributed by atoms with van der Waals surface area (Å²) in [6.45, 7) is 9.24. The van der Waals surface area contributed by atoms with Crippen LogP contribution < -0.4 is 4.74 Å². The zero-order valence-corrected chi connectivity index (χ0v) is 24.1. The van der Waals surface area contributed by atoms with Gasteiger partial charge in [-0.3, -0.25) is 9.80 Å². The van der Waals surface area contributed by atoms with Crippen LogP contribution in [0.2, 0.25) is 0 Å². The number of esters is 1. The minimum absolute atomic E-state index is 0.117. The molecule has 216 valence electrons. The van der Waals surface area contributed by atoms with Crippen molar-refractivity contribution < 1.29 is 33.6 Å². The van der Waals surface area contributed by atoms with E-state index in [1.54, 1.807) is 12.1 Å². The van der Waals surface area contributed by atoms with Gasteiger partial charge in [-0.05, 0) is 60.1 Å². The minimum atomic E-state index is -0.486. The third kappa shape index (κ3) is 10.4. The Balaban J connectivity index is 0.000000404. The molecule has 1 heterocycles. The zero-order chi connectivity index (χ0) is 28.8. The molecule has 0 aromatic heterocycles. The molecule has 0 spiro atoms. The first-order valence-electron chi connectivity index (χ1n) is 13.4. The van der Waals surface area contributed by atoms with Crippen LogP contribution in [-0.4, -0.2) is 80.4 Å². The number of aromatic hydroxyl groups is 1. The van der Waals surface area contributed by atoms with Gasteiger partial charge >= 0.3 is 12.0 Å². The molecule has 2 atom stereocenters. The average Bonchev–Trinajstić information content (AvgIpc) is 2.94. The van der Waals surface area contributed by atoms with Crippen LogP contribution in [0.3, 0.4) is 0 Å². The lowest BCUT2D eigenvalue weighted by molar-refractivity contribution is -0.155. The number of hydrogen-bond donors (Lipinski definition) is 1. The van der Waals surface area contributed by atoms with Crippen molar-refractivity contribution in [3.05, 3.63) is 59.7 Å². The highest BCUT2D eigenvalue weighted by Gasteiger charge is 2.33. The Labute approximate surface area is 232 Å². The molecule has 2 aromatic carbocycles. The fraction of sp³-hybridized carbons (Fsp3) is 0.533. The highest BCUT2D eigenvalue weighted by atomic mass is 16.6. The number of benzene rings is 2. The standard InChI is InChI=1S/C20H30N2O6.C10H14O/c1-5-15(2)16-6-8-17(9-7-16)27-12-19(23)28-18-10-21(13-25-3)20(24)22(11-18)14-26-4;1-3-8(2)9-4-6-10(11)7-5-9/h6-9,15,18H,5,10-14H2,1-4H3;4-8,11H,3H2,1-2H3. The van der Waals surface area contributed by atoms with Gasteiger partial charge in [0, 0.05) is 14.2 Å². The van der Waals surface area contributed by atoms with Crippen molar-refractivity contribution in [1.82, 2.24) is 9.80 Å². The second kappa shape index (κ2) is 16.6. The van der Waals surface area contributed by atoms with Gasteiger partial charge in [0.1, 0.15) is 31.1 Å². The Hall–Kier alpha value is -3.30. The van der Waals surface area contributed by atoms with Gasteiger partial charge in [-0.2, -0.15) is 0 Å². The number of nitrogens with zero attached hydrogens (tertiary/aromatic N) is 2. The first-order valence-corrected chi connectivity index (χ1v) is 13.4. The van der Waals surface area contributed by atoms with E-state index in [2.05, 4.69) is 27.7 Å². The van der Waals surface area contributed by atoms with Crippen molar-refractivity contribution in [2.45, 2.75) is 58.5 Å². The lowest BCUT2D eigenvalue weighted by atomic mass is 9.99. The summed E-state index contributed by atoms with van der Waals surface area (Å²) in [7, 11) is 3.01. The Morgan fingerprint density at radius 3 is 1.77 bits per heavy atom. The molecule has 1 aliphatic rings. The van der Waals surface area contributed by atoms with E-state index in [-0.39, 0.29) is 39.2 Å². The first-order chi connectivity index (χ1) is 18.7. The van der Waals surface area contributed by atoms with Crippen molar-refractivity contribution in [2.75, 3.05) is 47.4 Å². The molecule has 3 rings (SSSR count). The maximum Gasteiger partial charge on any atom is 0.344 e. The summed E-state index contributed by atoms with van der Waals surface area (Å²) in [6.07, 6.45) is 1.73. The number of methoxy groups -OCH3 is 2. The van der Waals surface area contributed by atoms with E-state index < -0.39 is 12.1 Å². The summed E-state index contributed by atoms with van der Waals surface area (Å²) >= 11 is 0. The third-order valence-electron chi connectivity index (χ3n) is 6.75. The lowest BCUT2D eigenvalue weighted by Gasteiger charge is -2.38. The van der Waals surface area contributed by atoms with Gasteiger partial charge in [-0.25, -0.2) is 9.59 Å². The number of urea groups is 1. The van der Waals surface area contributed by atoms with E-state index in [0.717, 1.165) is 12.8 Å². The summed E-state index contributed by atoms with van der Waals surface area (Å²) in [5.74, 6) is 1.55. The molecule has 2 amide bonds. The number of rotatable bonds is 12. The lowest BCUT2D eigenvalue weighted by Crippen LogP contribution is -2.57. The van der Waals surface area contributed by atoms with Crippen molar-refractivity contribution >= 4 is 12.0 Å². The number of hydrogen-bond acceptors (Lipinski definition) is 7. The molecule has 1 saturated heterocycles. The number of phenols is 1. The van der Waals surface area contributed by atoms with Crippen LogP contribution in [0.4, 0.5) is 4.79 Å². The van der Waals surface area contributed by atoms with Gasteiger partial charge in [0.25, 0.3) is 0 Å². The van der Waals surface area contributed by atoms with Crippen LogP contribution in [-0.2, 0) is 19.0 Å². The van der Waals surface area contributed by atoms with E-state index >= 15 is 0 Å². The quantitative estimate of drug-likeness (QED) is 0.360. The maximum atomic E-state index is 12.3. The number of amides is 2. The van der Waals surface area contributed by atoms with Gasteiger partial charge in [-0.15, -0.1) is 0 Å². The summed E-state index contributed by atoms with van der Waals surface area (Å²) in [5.41, 5.74) is 2.53. The SMILES string of the molecule is CCC(C)c1ccc(O)cc1.CCC(C)c1ccc(OCC(=O)OC2CN(COC)C(=O)N(COC)C2)cc1. The predicted octanol–water partition coefficient (Wildman–Crippen LogP) is 5.34. The Morgan fingerprint density at radius 1 is 0.872 bits per heavy atom. The topological polar surface area (TPSA) is 97.8 Å². The van der Waals surface area contributed by atoms with Crippen molar-refractivity contribution in [1.29, 1.82) is 0 Å². The third-order valence-corrected chi connectivity index (χ3v) is 6.75. The molecule has 0 aliphatic carbocycles. The van der Waals surface area contributed by atoms with E-state index in [1.165, 1.54) is 35.1 Å². The monoisotopic (exact) mass is 544 g/mol. The molecule has 0 radical (unpaired) electrons. The summed E-state index contributed by atoms with van der Waals surface area (Å²) in [5, 5.41) is 9.01. The van der Waals surface area contributed by atoms with E-state index in [1.807, 2.05) is 36.4 Å². The van der Waals surface area contributed by atoms with Crippen LogP contribution in [0.5, 0.6) is 11.5 Å². The molecular weight excluding hydrogens is 500 g/mol. The highest BCUT2D eigenvalue weighted by molar-refractivity contribution is 5.76. The molecular formula is C30H44N2O7. The average molecular weight is 545 g/mol. The number of phenolic OH excluding ortho intramolecular Hbond substituents is 1. The van der Waals surface area contributed by atoms with E-state index in [0.29, 0.717) is 23.3 Å². The van der Waals surface area contributed by atoms with Crippen LogP contribution in [0.15, 0.2) is 48.5 Å². The molecule has 9 heteroatoms. The molecule has 1 fully saturated rings. The summed E-state index contributed by atoms with van der Waals surface area (Å²) in [6, 6.07) is 14.9. The van der Waals surface area contributed by atoms with Gasteiger partial charge in [0.15, 0.2) is 6.61 Å². The Bertz CT molecular complexity index is 979. The largest absolute Gasteiger partial charge is 0.508 e. The van der Waals surface area contributed by atoms with E-state index in [4.69, 9.17) is 24.1 Å². The first kappa shape index (κ1) is 31.9. The predicted molar refractivity (Wildman–Crippen MR) is 150 cm³/mol. The van der Waals surface area contributed by atoms with Gasteiger partial charge < -0.3 is 24.1 Å². The van der Waals surface area contributed by atoms with Gasteiger partial charge in [0.05, 0.1) is 13.1 Å². The summed E-state index contributed by atoms with van der Waals surface area (Å²) in [4.78, 5) is 27.4. The van der Waals surface area contributed by atoms with Crippen LogP contribution in [0.1, 0.15) is 63.5 Å². The molecule has 0 bridgehead atoms. The number of carbonyl (C=O) groups is 2. The fourth-order valence-electron chi connectivity index (χ4n) is 4.04. The maximum absolute atomic E-state index is 12.3. The van der Waals surface area contributed by atoms with Gasteiger partial charge in [-0.1, -0.05) is 52.0 Å². The zero-order valence-electron chi connectivity index (χ0n) is 24.1. The minimum Gasteiger partial charge on any atom is -0.508 e. The number of carbonyl (C=O) groups excluding carboxylic acids is 2. The second-order valence-electron chi connectivity index (χ2n) is 9.74. The van der Waals surface area contributed by atoms with Crippen molar-refractivity contribution in [3.8, 4) is 11.5 Å². The van der Waals surface area contributed by atoms with Crippen LogP contribution in [0, 0.1) is 0 Å². The molecule has 2 aromatic rings. The Morgan fingerprint density at radius 2 is 1.33 bits per heavy atom. The molecule has 0 saturated carbocycles. The molecule has 39 heavy (non-hydrogen) atoms. The van der Waals surface area contributed by atoms with Crippen molar-refractivity contribution in [3.63, 3.8) is 0 Å². The summed E-state index contributed by atoms with van der Waals surface area (Å²) < 4.78 is 21.1. The van der Waals surface area contributed by atoms with E-state index in [9.17, 15) is 9.59 Å². The van der Waals surface area contributed by atoms with Gasteiger partial charge in [0.2, 0.25) is 0 Å². The van der Waals surface area contributed by atoms with Crippen molar-refractivity contribution in [2.24, 2.45) is 0 Å². The van der Waals surface area contributed by atoms with Crippen LogP contribution >= 0.6 is 0 Å². The molecule has 9 nitrogen and oxygen atoms in total. The molecule has 2 unspecified atom stereocenters. The molecule has 1 aliphatic heterocycles. The fourth-order valence-corrected chi connectivity index (χ4v) is 4.04.